The molecule has 1 aromatic carbocycles. The molecular formula is C14H12ClF3N2. The van der Waals surface area contributed by atoms with Crippen LogP contribution in [0.2, 0.25) is 5.15 Å². The number of aryl methyl sites for hydroxylation is 1. The molecule has 0 fully saturated rings. The summed E-state index contributed by atoms with van der Waals surface area (Å²) in [6.45, 7) is 2.34. The molecule has 0 aliphatic heterocycles. The Kier molecular flexibility index (Phi) is 4.18. The summed E-state index contributed by atoms with van der Waals surface area (Å²) in [5.74, 6) is 0.102. The summed E-state index contributed by atoms with van der Waals surface area (Å²) in [7, 11) is 0. The number of nitrogens with one attached hydrogen (secondary N) is 1. The van der Waals surface area contributed by atoms with Gasteiger partial charge in [0.15, 0.2) is 0 Å². The van der Waals surface area contributed by atoms with Gasteiger partial charge in [-0.15, -0.1) is 0 Å². The smallest absolute Gasteiger partial charge is 0.366 e. The van der Waals surface area contributed by atoms with Gasteiger partial charge < -0.3 is 5.32 Å². The van der Waals surface area contributed by atoms with Crippen LogP contribution in [0.4, 0.5) is 19.0 Å². The van der Waals surface area contributed by atoms with E-state index in [9.17, 15) is 13.2 Å². The van der Waals surface area contributed by atoms with Crippen molar-refractivity contribution < 1.29 is 13.2 Å². The second kappa shape index (κ2) is 5.71. The van der Waals surface area contributed by atoms with Crippen LogP contribution in [0.5, 0.6) is 0 Å². The molecular weight excluding hydrogens is 289 g/mol. The quantitative estimate of drug-likeness (QED) is 0.833. The number of alkyl halides is 3. The third-order valence-electron chi connectivity index (χ3n) is 2.72. The number of anilines is 1. The topological polar surface area (TPSA) is 24.9 Å². The third-order valence-corrected chi connectivity index (χ3v) is 2.91. The van der Waals surface area contributed by atoms with E-state index in [2.05, 4.69) is 10.3 Å². The van der Waals surface area contributed by atoms with Gasteiger partial charge in [-0.2, -0.15) is 13.2 Å². The van der Waals surface area contributed by atoms with Crippen molar-refractivity contribution >= 4 is 17.4 Å². The first kappa shape index (κ1) is 14.7. The molecule has 20 heavy (non-hydrogen) atoms. The van der Waals surface area contributed by atoms with Crippen molar-refractivity contribution in [1.29, 1.82) is 0 Å². The number of hydrogen-bond acceptors (Lipinski definition) is 2. The SMILES string of the molecule is Cc1ccc(CNc2cc(C(F)(F)F)cc(Cl)n2)cc1. The molecule has 0 saturated heterocycles. The van der Waals surface area contributed by atoms with Gasteiger partial charge >= 0.3 is 6.18 Å². The third kappa shape index (κ3) is 3.87. The Bertz CT molecular complexity index is 594. The minimum absolute atomic E-state index is 0.102. The Labute approximate surface area is 119 Å². The van der Waals surface area contributed by atoms with Gasteiger partial charge in [0.2, 0.25) is 0 Å². The zero-order valence-electron chi connectivity index (χ0n) is 10.6. The maximum atomic E-state index is 12.6. The van der Waals surface area contributed by atoms with Gasteiger partial charge in [-0.1, -0.05) is 41.4 Å². The lowest BCUT2D eigenvalue weighted by atomic mass is 10.1. The molecule has 1 aromatic heterocycles. The van der Waals surface area contributed by atoms with E-state index in [1.165, 1.54) is 0 Å². The van der Waals surface area contributed by atoms with Crippen LogP contribution < -0.4 is 5.32 Å². The molecule has 1 N–H and O–H groups in total. The Morgan fingerprint density at radius 2 is 1.80 bits per heavy atom. The zero-order valence-corrected chi connectivity index (χ0v) is 11.4. The van der Waals surface area contributed by atoms with Gasteiger partial charge in [0.05, 0.1) is 5.56 Å². The Hall–Kier alpha value is -1.75. The predicted octanol–water partition coefficient (Wildman–Crippen LogP) is 4.67. The molecule has 0 spiro atoms. The highest BCUT2D eigenvalue weighted by atomic mass is 35.5. The molecule has 0 amide bonds. The first-order chi connectivity index (χ1) is 9.34. The van der Waals surface area contributed by atoms with E-state index in [0.29, 0.717) is 6.54 Å². The molecule has 2 rings (SSSR count). The van der Waals surface area contributed by atoms with Crippen LogP contribution in [0.1, 0.15) is 16.7 Å². The van der Waals surface area contributed by atoms with E-state index in [4.69, 9.17) is 11.6 Å². The second-order valence-corrected chi connectivity index (χ2v) is 4.79. The van der Waals surface area contributed by atoms with E-state index in [1.807, 2.05) is 31.2 Å². The first-order valence-electron chi connectivity index (χ1n) is 5.89. The molecule has 0 atom stereocenters. The normalized spacial score (nSPS) is 11.4. The van der Waals surface area contributed by atoms with Gasteiger partial charge in [-0.3, -0.25) is 0 Å². The first-order valence-corrected chi connectivity index (χ1v) is 6.26. The van der Waals surface area contributed by atoms with E-state index in [0.717, 1.165) is 23.3 Å². The highest BCUT2D eigenvalue weighted by molar-refractivity contribution is 6.29. The van der Waals surface area contributed by atoms with E-state index in [1.54, 1.807) is 0 Å². The van der Waals surface area contributed by atoms with Gasteiger partial charge in [0.1, 0.15) is 11.0 Å². The Morgan fingerprint density at radius 1 is 1.15 bits per heavy atom. The largest absolute Gasteiger partial charge is 0.416 e. The Morgan fingerprint density at radius 3 is 2.40 bits per heavy atom. The van der Waals surface area contributed by atoms with Crippen LogP contribution in [0.25, 0.3) is 0 Å². The van der Waals surface area contributed by atoms with Crippen LogP contribution >= 0.6 is 11.6 Å². The van der Waals surface area contributed by atoms with E-state index < -0.39 is 11.7 Å². The summed E-state index contributed by atoms with van der Waals surface area (Å²) in [5, 5.41) is 2.65. The molecule has 2 aromatic rings. The average molecular weight is 301 g/mol. The second-order valence-electron chi connectivity index (χ2n) is 4.40. The van der Waals surface area contributed by atoms with Gasteiger partial charge in [0, 0.05) is 6.54 Å². The maximum Gasteiger partial charge on any atom is 0.416 e. The fourth-order valence-corrected chi connectivity index (χ4v) is 1.86. The minimum atomic E-state index is -4.44. The standard InChI is InChI=1S/C14H12ClF3N2/c1-9-2-4-10(5-3-9)8-19-13-7-11(14(16,17)18)6-12(15)20-13/h2-7H,8H2,1H3,(H,19,20). The van der Waals surface area contributed by atoms with Crippen molar-refractivity contribution in [1.82, 2.24) is 4.98 Å². The lowest BCUT2D eigenvalue weighted by molar-refractivity contribution is -0.137. The summed E-state index contributed by atoms with van der Waals surface area (Å²) in [5.41, 5.74) is 1.25. The highest BCUT2D eigenvalue weighted by Gasteiger charge is 2.31. The van der Waals surface area contributed by atoms with Crippen LogP contribution in [0, 0.1) is 6.92 Å². The number of aromatic nitrogens is 1. The number of halogens is 4. The number of nitrogens with zero attached hydrogens (tertiary/aromatic N) is 1. The van der Waals surface area contributed by atoms with Crippen molar-refractivity contribution in [3.8, 4) is 0 Å². The molecule has 0 aliphatic rings. The number of hydrogen-bond donors (Lipinski definition) is 1. The van der Waals surface area contributed by atoms with Crippen molar-refractivity contribution in [2.24, 2.45) is 0 Å². The highest BCUT2D eigenvalue weighted by Crippen LogP contribution is 2.32. The minimum Gasteiger partial charge on any atom is -0.366 e. The number of benzene rings is 1. The summed E-state index contributed by atoms with van der Waals surface area (Å²) in [6, 6.07) is 9.42. The Balaban J connectivity index is 2.13. The van der Waals surface area contributed by atoms with Gasteiger partial charge in [-0.25, -0.2) is 4.98 Å². The molecule has 0 saturated carbocycles. The monoisotopic (exact) mass is 300 g/mol. The van der Waals surface area contributed by atoms with Gasteiger partial charge in [-0.05, 0) is 24.6 Å². The van der Waals surface area contributed by atoms with Crippen molar-refractivity contribution in [3.63, 3.8) is 0 Å². The van der Waals surface area contributed by atoms with Gasteiger partial charge in [0.25, 0.3) is 0 Å². The number of pyridine rings is 1. The lowest BCUT2D eigenvalue weighted by Crippen LogP contribution is -2.08. The van der Waals surface area contributed by atoms with E-state index in [-0.39, 0.29) is 11.0 Å². The molecule has 6 heteroatoms. The predicted molar refractivity (Wildman–Crippen MR) is 72.8 cm³/mol. The van der Waals surface area contributed by atoms with Crippen LogP contribution in [-0.2, 0) is 12.7 Å². The van der Waals surface area contributed by atoms with Crippen LogP contribution in [-0.4, -0.2) is 4.98 Å². The van der Waals surface area contributed by atoms with Crippen LogP contribution in [0.3, 0.4) is 0 Å². The molecule has 0 radical (unpaired) electrons. The summed E-state index contributed by atoms with van der Waals surface area (Å²) >= 11 is 5.61. The zero-order chi connectivity index (χ0) is 14.8. The van der Waals surface area contributed by atoms with E-state index >= 15 is 0 Å². The fraction of sp³-hybridized carbons (Fsp3) is 0.214. The van der Waals surface area contributed by atoms with Crippen LogP contribution in [0.15, 0.2) is 36.4 Å². The molecule has 0 bridgehead atoms. The van der Waals surface area contributed by atoms with Crippen molar-refractivity contribution in [3.05, 3.63) is 58.2 Å². The molecule has 2 nitrogen and oxygen atoms in total. The lowest BCUT2D eigenvalue weighted by Gasteiger charge is -2.11. The maximum absolute atomic E-state index is 12.6. The summed E-state index contributed by atoms with van der Waals surface area (Å²) in [4.78, 5) is 3.83. The average Bonchev–Trinajstić information content (AvgIpc) is 2.36. The molecule has 1 heterocycles. The summed E-state index contributed by atoms with van der Waals surface area (Å²) < 4.78 is 37.9. The molecule has 106 valence electrons. The molecule has 0 unspecified atom stereocenters. The molecule has 0 aliphatic carbocycles. The summed E-state index contributed by atoms with van der Waals surface area (Å²) in [6.07, 6.45) is -4.44. The number of rotatable bonds is 3. The fourth-order valence-electron chi connectivity index (χ4n) is 1.65. The van der Waals surface area contributed by atoms with Crippen molar-refractivity contribution in [2.75, 3.05) is 5.32 Å². The van der Waals surface area contributed by atoms with Crippen molar-refractivity contribution in [2.45, 2.75) is 19.6 Å².